The highest BCUT2D eigenvalue weighted by molar-refractivity contribution is 5.90. The zero-order valence-corrected chi connectivity index (χ0v) is 9.10. The molecular formula is C12H14O4. The number of hydrogen-bond acceptors (Lipinski definition) is 4. The molecule has 0 saturated heterocycles. The number of hydrogen-bond donors (Lipinski definition) is 1. The zero-order chi connectivity index (χ0) is 12.0. The molecule has 86 valence electrons. The summed E-state index contributed by atoms with van der Waals surface area (Å²) < 4.78 is 10.0. The minimum atomic E-state index is -0.439. The van der Waals surface area contributed by atoms with Crippen LogP contribution in [0.2, 0.25) is 0 Å². The van der Waals surface area contributed by atoms with E-state index in [4.69, 9.17) is 9.47 Å². The minimum absolute atomic E-state index is 0.0186. The van der Waals surface area contributed by atoms with Crippen LogP contribution in [0.3, 0.4) is 0 Å². The second-order valence-corrected chi connectivity index (χ2v) is 3.00. The Bertz CT molecular complexity index is 385. The van der Waals surface area contributed by atoms with Gasteiger partial charge in [0.1, 0.15) is 6.61 Å². The van der Waals surface area contributed by atoms with E-state index in [0.717, 1.165) is 0 Å². The Morgan fingerprint density at radius 3 is 2.94 bits per heavy atom. The first-order valence-corrected chi connectivity index (χ1v) is 4.92. The van der Waals surface area contributed by atoms with Crippen LogP contribution in [-0.2, 0) is 4.74 Å². The number of rotatable bonds is 5. The largest absolute Gasteiger partial charge is 0.504 e. The van der Waals surface area contributed by atoms with Crippen LogP contribution in [0, 0.1) is 0 Å². The van der Waals surface area contributed by atoms with Crippen molar-refractivity contribution in [2.45, 2.75) is 6.92 Å². The van der Waals surface area contributed by atoms with Crippen molar-refractivity contribution in [3.8, 4) is 11.5 Å². The van der Waals surface area contributed by atoms with Crippen molar-refractivity contribution in [2.24, 2.45) is 0 Å². The number of aromatic hydroxyl groups is 1. The fraction of sp³-hybridized carbons (Fsp3) is 0.250. The topological polar surface area (TPSA) is 55.8 Å². The van der Waals surface area contributed by atoms with Crippen molar-refractivity contribution < 1.29 is 19.4 Å². The lowest BCUT2D eigenvalue weighted by molar-refractivity contribution is 0.0526. The maximum atomic E-state index is 11.4. The van der Waals surface area contributed by atoms with Gasteiger partial charge in [-0.15, -0.1) is 0 Å². The van der Waals surface area contributed by atoms with E-state index in [-0.39, 0.29) is 18.1 Å². The van der Waals surface area contributed by atoms with Crippen molar-refractivity contribution in [3.05, 3.63) is 36.4 Å². The summed E-state index contributed by atoms with van der Waals surface area (Å²) in [6.45, 7) is 5.80. The summed E-state index contributed by atoms with van der Waals surface area (Å²) in [7, 11) is 0. The molecule has 1 aromatic carbocycles. The van der Waals surface area contributed by atoms with E-state index >= 15 is 0 Å². The first-order valence-electron chi connectivity index (χ1n) is 4.92. The summed E-state index contributed by atoms with van der Waals surface area (Å²) in [4.78, 5) is 11.4. The number of phenolic OH excluding ortho intramolecular Hbond substituents is 1. The maximum absolute atomic E-state index is 11.4. The highest BCUT2D eigenvalue weighted by Crippen LogP contribution is 2.27. The van der Waals surface area contributed by atoms with Crippen LogP contribution in [0.5, 0.6) is 11.5 Å². The molecule has 0 aromatic heterocycles. The Labute approximate surface area is 94.1 Å². The number of phenols is 1. The van der Waals surface area contributed by atoms with E-state index < -0.39 is 5.97 Å². The molecule has 1 aromatic rings. The zero-order valence-electron chi connectivity index (χ0n) is 9.10. The standard InChI is InChI=1S/C12H14O4/c1-3-7-16-11-8-9(5-6-10(11)13)12(14)15-4-2/h3,5-6,8,13H,1,4,7H2,2H3. The van der Waals surface area contributed by atoms with Crippen LogP contribution in [0.1, 0.15) is 17.3 Å². The van der Waals surface area contributed by atoms with E-state index in [2.05, 4.69) is 6.58 Å². The van der Waals surface area contributed by atoms with Gasteiger partial charge in [0.25, 0.3) is 0 Å². The Morgan fingerprint density at radius 2 is 2.31 bits per heavy atom. The number of benzene rings is 1. The first-order chi connectivity index (χ1) is 7.69. The number of carbonyl (C=O) groups is 1. The maximum Gasteiger partial charge on any atom is 0.338 e. The molecule has 0 unspecified atom stereocenters. The van der Waals surface area contributed by atoms with Gasteiger partial charge in [0.2, 0.25) is 0 Å². The quantitative estimate of drug-likeness (QED) is 0.612. The van der Waals surface area contributed by atoms with Gasteiger partial charge in [-0.25, -0.2) is 4.79 Å². The molecule has 4 heteroatoms. The summed E-state index contributed by atoms with van der Waals surface area (Å²) in [5, 5.41) is 9.46. The smallest absolute Gasteiger partial charge is 0.338 e. The second kappa shape index (κ2) is 5.80. The van der Waals surface area contributed by atoms with Gasteiger partial charge in [-0.1, -0.05) is 12.7 Å². The molecule has 16 heavy (non-hydrogen) atoms. The lowest BCUT2D eigenvalue weighted by Gasteiger charge is -2.07. The molecule has 0 aliphatic heterocycles. The summed E-state index contributed by atoms with van der Waals surface area (Å²) in [5.41, 5.74) is 0.346. The minimum Gasteiger partial charge on any atom is -0.504 e. The molecule has 0 aliphatic carbocycles. The molecule has 0 bridgehead atoms. The summed E-state index contributed by atoms with van der Waals surface area (Å²) in [6, 6.07) is 4.32. The average Bonchev–Trinajstić information content (AvgIpc) is 2.28. The molecule has 1 rings (SSSR count). The molecule has 0 amide bonds. The lowest BCUT2D eigenvalue weighted by atomic mass is 10.2. The van der Waals surface area contributed by atoms with E-state index in [1.54, 1.807) is 13.0 Å². The predicted molar refractivity (Wildman–Crippen MR) is 59.8 cm³/mol. The van der Waals surface area contributed by atoms with Crippen molar-refractivity contribution in [2.75, 3.05) is 13.2 Å². The van der Waals surface area contributed by atoms with Gasteiger partial charge in [-0.3, -0.25) is 0 Å². The van der Waals surface area contributed by atoms with Crippen molar-refractivity contribution in [1.29, 1.82) is 0 Å². The Balaban J connectivity index is 2.88. The highest BCUT2D eigenvalue weighted by atomic mass is 16.5. The Hall–Kier alpha value is -1.97. The van der Waals surface area contributed by atoms with Gasteiger partial charge in [0.05, 0.1) is 12.2 Å². The van der Waals surface area contributed by atoms with Crippen molar-refractivity contribution in [1.82, 2.24) is 0 Å². The third-order valence-electron chi connectivity index (χ3n) is 1.83. The van der Waals surface area contributed by atoms with Gasteiger partial charge >= 0.3 is 5.97 Å². The molecule has 4 nitrogen and oxygen atoms in total. The number of ether oxygens (including phenoxy) is 2. The van der Waals surface area contributed by atoms with Crippen molar-refractivity contribution in [3.63, 3.8) is 0 Å². The summed E-state index contributed by atoms with van der Waals surface area (Å²) in [6.07, 6.45) is 1.55. The average molecular weight is 222 g/mol. The molecule has 0 radical (unpaired) electrons. The molecule has 0 heterocycles. The first kappa shape index (κ1) is 12.1. The van der Waals surface area contributed by atoms with Crippen LogP contribution in [-0.4, -0.2) is 24.3 Å². The third kappa shape index (κ3) is 3.02. The molecule has 0 aliphatic rings. The fourth-order valence-electron chi connectivity index (χ4n) is 1.12. The van der Waals surface area contributed by atoms with Crippen LogP contribution in [0.4, 0.5) is 0 Å². The number of esters is 1. The summed E-state index contributed by atoms with van der Waals surface area (Å²) in [5.74, 6) is -0.216. The Morgan fingerprint density at radius 1 is 1.56 bits per heavy atom. The van der Waals surface area contributed by atoms with Gasteiger partial charge in [-0.2, -0.15) is 0 Å². The van der Waals surface area contributed by atoms with Crippen LogP contribution >= 0.6 is 0 Å². The van der Waals surface area contributed by atoms with Gasteiger partial charge in [0, 0.05) is 0 Å². The number of carbonyl (C=O) groups excluding carboxylic acids is 1. The van der Waals surface area contributed by atoms with Gasteiger partial charge in [-0.05, 0) is 25.1 Å². The molecule has 0 saturated carbocycles. The highest BCUT2D eigenvalue weighted by Gasteiger charge is 2.10. The van der Waals surface area contributed by atoms with Gasteiger partial charge in [0.15, 0.2) is 11.5 Å². The van der Waals surface area contributed by atoms with E-state index in [1.807, 2.05) is 0 Å². The molecular weight excluding hydrogens is 208 g/mol. The Kier molecular flexibility index (Phi) is 4.39. The van der Waals surface area contributed by atoms with Crippen LogP contribution < -0.4 is 4.74 Å². The lowest BCUT2D eigenvalue weighted by Crippen LogP contribution is -2.05. The van der Waals surface area contributed by atoms with Gasteiger partial charge < -0.3 is 14.6 Å². The molecule has 1 N–H and O–H groups in total. The normalized spacial score (nSPS) is 9.56. The van der Waals surface area contributed by atoms with E-state index in [0.29, 0.717) is 12.2 Å². The van der Waals surface area contributed by atoms with Crippen LogP contribution in [0.25, 0.3) is 0 Å². The fourth-order valence-corrected chi connectivity index (χ4v) is 1.12. The van der Waals surface area contributed by atoms with Crippen LogP contribution in [0.15, 0.2) is 30.9 Å². The monoisotopic (exact) mass is 222 g/mol. The second-order valence-electron chi connectivity index (χ2n) is 3.00. The summed E-state index contributed by atoms with van der Waals surface area (Å²) >= 11 is 0. The SMILES string of the molecule is C=CCOc1cc(C(=O)OCC)ccc1O. The van der Waals surface area contributed by atoms with Crippen molar-refractivity contribution >= 4 is 5.97 Å². The van der Waals surface area contributed by atoms with E-state index in [9.17, 15) is 9.90 Å². The molecule has 0 spiro atoms. The van der Waals surface area contributed by atoms with E-state index in [1.165, 1.54) is 18.2 Å². The predicted octanol–water partition coefficient (Wildman–Crippen LogP) is 2.13. The molecule has 0 fully saturated rings. The molecule has 0 atom stereocenters. The third-order valence-corrected chi connectivity index (χ3v) is 1.83.